The maximum Gasteiger partial charge on any atom is 0.295 e. The number of aromatic nitrogens is 1. The van der Waals surface area contributed by atoms with Crippen molar-refractivity contribution in [2.24, 2.45) is 5.92 Å². The Kier molecular flexibility index (Phi) is 7.30. The first-order valence-electron chi connectivity index (χ1n) is 11.0. The number of likely N-dealkylation sites (N-methyl/N-ethyl adjacent to an activating group) is 1. The largest absolute Gasteiger partial charge is 0.507 e. The number of nitrogens with zero attached hydrogens (tertiary/aromatic N) is 1. The van der Waals surface area contributed by atoms with Crippen LogP contribution < -0.4 is 14.6 Å². The summed E-state index contributed by atoms with van der Waals surface area (Å²) in [4.78, 5) is 31.6. The van der Waals surface area contributed by atoms with Crippen molar-refractivity contribution in [1.29, 1.82) is 0 Å². The quantitative estimate of drug-likeness (QED) is 0.370. The summed E-state index contributed by atoms with van der Waals surface area (Å²) in [7, 11) is 3.99. The zero-order chi connectivity index (χ0) is 23.4. The zero-order valence-corrected chi connectivity index (χ0v) is 19.4. The molecule has 2 heterocycles. The van der Waals surface area contributed by atoms with Gasteiger partial charge in [0.25, 0.3) is 11.7 Å². The van der Waals surface area contributed by atoms with Crippen molar-refractivity contribution in [3.63, 3.8) is 0 Å². The van der Waals surface area contributed by atoms with E-state index >= 15 is 0 Å². The van der Waals surface area contributed by atoms with Crippen molar-refractivity contribution in [1.82, 2.24) is 4.90 Å². The number of pyridine rings is 1. The molecule has 0 spiro atoms. The van der Waals surface area contributed by atoms with Crippen LogP contribution in [0.1, 0.15) is 36.6 Å². The van der Waals surface area contributed by atoms with E-state index < -0.39 is 17.7 Å². The number of rotatable bonds is 8. The summed E-state index contributed by atoms with van der Waals surface area (Å²) in [5.74, 6) is -0.282. The number of ketones is 1. The molecule has 7 nitrogen and oxygen atoms in total. The van der Waals surface area contributed by atoms with Gasteiger partial charge in [-0.25, -0.2) is 4.98 Å². The number of ether oxygens (including phenoxy) is 1. The van der Waals surface area contributed by atoms with Gasteiger partial charge in [-0.05, 0) is 42.2 Å². The second-order valence-corrected chi connectivity index (χ2v) is 8.97. The maximum atomic E-state index is 13.0. The van der Waals surface area contributed by atoms with Gasteiger partial charge in [-0.15, -0.1) is 0 Å². The van der Waals surface area contributed by atoms with E-state index in [1.54, 1.807) is 35.5 Å². The number of hydrogen-bond acceptors (Lipinski definition) is 4. The van der Waals surface area contributed by atoms with Crippen LogP contribution in [0.3, 0.4) is 0 Å². The normalized spacial score (nSPS) is 18.1. The lowest BCUT2D eigenvalue weighted by molar-refractivity contribution is -0.857. The molecule has 170 valence electrons. The topological polar surface area (TPSA) is 85.4 Å². The number of benzene rings is 1. The molecule has 32 heavy (non-hydrogen) atoms. The highest BCUT2D eigenvalue weighted by atomic mass is 16.5. The molecule has 1 aliphatic heterocycles. The van der Waals surface area contributed by atoms with Crippen LogP contribution in [-0.2, 0) is 9.59 Å². The summed E-state index contributed by atoms with van der Waals surface area (Å²) in [5.41, 5.74) is 2.23. The Morgan fingerprint density at radius 1 is 1.19 bits per heavy atom. The highest BCUT2D eigenvalue weighted by molar-refractivity contribution is 6.46. The molecule has 7 heteroatoms. The summed E-state index contributed by atoms with van der Waals surface area (Å²) in [5, 5.41) is 11.2. The van der Waals surface area contributed by atoms with E-state index in [-0.39, 0.29) is 11.3 Å². The third-order valence-electron chi connectivity index (χ3n) is 5.47. The smallest absolute Gasteiger partial charge is 0.295 e. The molecule has 2 aromatic rings. The van der Waals surface area contributed by atoms with Gasteiger partial charge in [-0.2, -0.15) is 0 Å². The van der Waals surface area contributed by atoms with Crippen LogP contribution in [-0.4, -0.2) is 55.5 Å². The van der Waals surface area contributed by atoms with Crippen LogP contribution in [0.25, 0.3) is 5.76 Å². The molecule has 0 saturated carbocycles. The average Bonchev–Trinajstić information content (AvgIpc) is 3.01. The molecule has 1 aromatic carbocycles. The van der Waals surface area contributed by atoms with E-state index in [1.807, 2.05) is 33.2 Å². The van der Waals surface area contributed by atoms with Crippen molar-refractivity contribution >= 4 is 17.4 Å². The highest BCUT2D eigenvalue weighted by Crippen LogP contribution is 2.39. The Morgan fingerprint density at radius 3 is 2.47 bits per heavy atom. The Balaban J connectivity index is 2.05. The molecule has 1 unspecified atom stereocenters. The molecule has 1 aromatic heterocycles. The van der Waals surface area contributed by atoms with Crippen LogP contribution in [0.5, 0.6) is 5.75 Å². The monoisotopic (exact) mass is 439 g/mol. The first-order valence-corrected chi connectivity index (χ1v) is 11.0. The number of Topliss-reactive ketones (excluding diaryl/α,β-unsaturated/α-hetero) is 1. The van der Waals surface area contributed by atoms with Crippen molar-refractivity contribution in [3.8, 4) is 5.75 Å². The van der Waals surface area contributed by atoms with Crippen molar-refractivity contribution < 1.29 is 29.3 Å². The fraction of sp³-hybridized carbons (Fsp3) is 0.400. The standard InChI is InChI=1S/C25H31N3O4/c1-16(2)15-32-20-7-6-19(14-17(20)3)23(29)21-22(18-8-10-26-11-9-18)28(13-12-27(4)5)25(31)24(21)30/h6-11,14,16,22,29H,12-13,15H2,1-5H3/p+2. The molecule has 0 aliphatic carbocycles. The molecular weight excluding hydrogens is 406 g/mol. The maximum absolute atomic E-state index is 13.0. The number of H-pyrrole nitrogens is 1. The molecule has 3 rings (SSSR count). The van der Waals surface area contributed by atoms with Gasteiger partial charge in [0, 0.05) is 17.7 Å². The predicted octanol–water partition coefficient (Wildman–Crippen LogP) is 1.41. The third kappa shape index (κ3) is 4.99. The van der Waals surface area contributed by atoms with E-state index in [1.165, 1.54) is 4.90 Å². The van der Waals surface area contributed by atoms with Crippen LogP contribution in [0, 0.1) is 12.8 Å². The van der Waals surface area contributed by atoms with Gasteiger partial charge < -0.3 is 19.6 Å². The number of amides is 1. The second kappa shape index (κ2) is 9.96. The predicted molar refractivity (Wildman–Crippen MR) is 121 cm³/mol. The SMILES string of the molecule is Cc1cc(C(O)=C2C(=O)C(=O)N(CC[NH+](C)C)C2c2cc[nH+]cc2)ccc1OCC(C)C. The number of aryl methyl sites for hydroxylation is 1. The summed E-state index contributed by atoms with van der Waals surface area (Å²) in [6.07, 6.45) is 3.50. The molecule has 0 bridgehead atoms. The Bertz CT molecular complexity index is 1020. The van der Waals surface area contributed by atoms with Gasteiger partial charge >= 0.3 is 0 Å². The van der Waals surface area contributed by atoms with Crippen LogP contribution >= 0.6 is 0 Å². The van der Waals surface area contributed by atoms with Gasteiger partial charge in [-0.3, -0.25) is 9.59 Å². The number of hydrogen-bond donors (Lipinski definition) is 2. The highest BCUT2D eigenvalue weighted by Gasteiger charge is 2.46. The fourth-order valence-corrected chi connectivity index (χ4v) is 3.75. The number of likely N-dealkylation sites (tertiary alicyclic amines) is 1. The van der Waals surface area contributed by atoms with E-state index in [9.17, 15) is 14.7 Å². The lowest BCUT2D eigenvalue weighted by Crippen LogP contribution is -3.06. The van der Waals surface area contributed by atoms with E-state index in [0.29, 0.717) is 31.2 Å². The average molecular weight is 440 g/mol. The second-order valence-electron chi connectivity index (χ2n) is 8.97. The van der Waals surface area contributed by atoms with Gasteiger partial charge in [0.1, 0.15) is 11.5 Å². The molecule has 1 amide bonds. The number of quaternary nitrogens is 1. The zero-order valence-electron chi connectivity index (χ0n) is 19.4. The van der Waals surface area contributed by atoms with Crippen LogP contribution in [0.2, 0.25) is 0 Å². The first kappa shape index (κ1) is 23.5. The molecule has 1 aliphatic rings. The van der Waals surface area contributed by atoms with Gasteiger partial charge in [-0.1, -0.05) is 13.8 Å². The summed E-state index contributed by atoms with van der Waals surface area (Å²) < 4.78 is 5.83. The number of nitrogens with one attached hydrogen (secondary N) is 2. The van der Waals surface area contributed by atoms with Crippen molar-refractivity contribution in [3.05, 3.63) is 65.0 Å². The minimum Gasteiger partial charge on any atom is -0.507 e. The van der Waals surface area contributed by atoms with E-state index in [2.05, 4.69) is 18.8 Å². The summed E-state index contributed by atoms with van der Waals surface area (Å²) >= 11 is 0. The van der Waals surface area contributed by atoms with Gasteiger partial charge in [0.2, 0.25) is 0 Å². The lowest BCUT2D eigenvalue weighted by Gasteiger charge is -2.25. The number of aliphatic hydroxyl groups is 1. The third-order valence-corrected chi connectivity index (χ3v) is 5.47. The molecule has 1 atom stereocenters. The Hall–Kier alpha value is -3.19. The molecular formula is C25H33N3O4+2. The van der Waals surface area contributed by atoms with Crippen molar-refractivity contribution in [2.45, 2.75) is 26.8 Å². The molecule has 0 radical (unpaired) electrons. The number of carbonyl (C=O) groups is 2. The summed E-state index contributed by atoms with van der Waals surface area (Å²) in [6.45, 7) is 7.74. The van der Waals surface area contributed by atoms with Crippen LogP contribution in [0.4, 0.5) is 0 Å². The number of carbonyl (C=O) groups excluding carboxylic acids is 2. The summed E-state index contributed by atoms with van der Waals surface area (Å²) in [6, 6.07) is 8.33. The minimum absolute atomic E-state index is 0.116. The number of aromatic amines is 1. The molecule has 1 saturated heterocycles. The van der Waals surface area contributed by atoms with Gasteiger partial charge in [0.05, 0.1) is 45.4 Å². The van der Waals surface area contributed by atoms with Crippen LogP contribution in [0.15, 0.2) is 48.3 Å². The molecule has 1 fully saturated rings. The Labute approximate surface area is 189 Å². The Morgan fingerprint density at radius 2 is 1.88 bits per heavy atom. The van der Waals surface area contributed by atoms with E-state index in [0.717, 1.165) is 16.9 Å². The minimum atomic E-state index is -0.660. The van der Waals surface area contributed by atoms with Gasteiger partial charge in [0.15, 0.2) is 12.4 Å². The first-order chi connectivity index (χ1) is 15.2. The number of aliphatic hydroxyl groups excluding tert-OH is 1. The molecule has 3 N–H and O–H groups in total. The van der Waals surface area contributed by atoms with E-state index in [4.69, 9.17) is 4.74 Å². The fourth-order valence-electron chi connectivity index (χ4n) is 3.75. The lowest BCUT2D eigenvalue weighted by atomic mass is 9.95. The van der Waals surface area contributed by atoms with Crippen molar-refractivity contribution in [2.75, 3.05) is 33.8 Å².